The van der Waals surface area contributed by atoms with Gasteiger partial charge >= 0.3 is 5.97 Å². The summed E-state index contributed by atoms with van der Waals surface area (Å²) < 4.78 is 22.5. The number of nitrogens with zero attached hydrogens (tertiary/aromatic N) is 1. The van der Waals surface area contributed by atoms with Crippen molar-refractivity contribution >= 4 is 15.8 Å². The molecule has 0 spiro atoms. The summed E-state index contributed by atoms with van der Waals surface area (Å²) in [4.78, 5) is 12.5. The van der Waals surface area contributed by atoms with Gasteiger partial charge in [-0.1, -0.05) is 6.92 Å². The Labute approximate surface area is 101 Å². The Hall–Kier alpha value is -0.660. The van der Waals surface area contributed by atoms with Gasteiger partial charge in [0.05, 0.1) is 11.9 Å². The lowest BCUT2D eigenvalue weighted by atomic mass is 10.2. The number of aliphatic carboxylic acids is 1. The fraction of sp³-hybridized carbons (Fsp3) is 0.900. The number of aliphatic hydroxyl groups is 1. The Balaban J connectivity index is 2.43. The number of rotatable bonds is 6. The Morgan fingerprint density at radius 2 is 2.12 bits per heavy atom. The van der Waals surface area contributed by atoms with Crippen LogP contribution in [0.25, 0.3) is 0 Å². The lowest BCUT2D eigenvalue weighted by Gasteiger charge is -2.20. The standard InChI is InChI=1S/C10H19NO5S/c1-2-17(15,16)5-3-4-11-7-8(12)6-9(11)10(13)14/h8-9,12H,2-7H2,1H3,(H,13,14). The summed E-state index contributed by atoms with van der Waals surface area (Å²) in [6, 6.07) is -0.686. The van der Waals surface area contributed by atoms with Gasteiger partial charge in [0.25, 0.3) is 0 Å². The molecule has 0 aromatic carbocycles. The molecule has 17 heavy (non-hydrogen) atoms. The number of aliphatic hydroxyl groups excluding tert-OH is 1. The van der Waals surface area contributed by atoms with Crippen molar-refractivity contribution in [2.45, 2.75) is 31.9 Å². The van der Waals surface area contributed by atoms with Gasteiger partial charge in [-0.2, -0.15) is 0 Å². The average molecular weight is 265 g/mol. The van der Waals surface area contributed by atoms with Gasteiger partial charge in [0.1, 0.15) is 15.9 Å². The highest BCUT2D eigenvalue weighted by Crippen LogP contribution is 2.18. The number of carboxylic acid groups (broad SMARTS) is 1. The molecule has 2 atom stereocenters. The van der Waals surface area contributed by atoms with E-state index in [1.165, 1.54) is 0 Å². The zero-order valence-electron chi connectivity index (χ0n) is 9.87. The molecule has 0 aromatic rings. The van der Waals surface area contributed by atoms with E-state index in [9.17, 15) is 18.3 Å². The van der Waals surface area contributed by atoms with E-state index in [-0.39, 0.29) is 17.9 Å². The van der Waals surface area contributed by atoms with Gasteiger partial charge in [-0.05, 0) is 6.42 Å². The van der Waals surface area contributed by atoms with Crippen LogP contribution in [-0.2, 0) is 14.6 Å². The molecular weight excluding hydrogens is 246 g/mol. The third-order valence-corrected chi connectivity index (χ3v) is 4.80. The maximum absolute atomic E-state index is 11.3. The van der Waals surface area contributed by atoms with E-state index in [0.29, 0.717) is 19.5 Å². The summed E-state index contributed by atoms with van der Waals surface area (Å²) in [7, 11) is -3.00. The molecule has 1 fully saturated rings. The van der Waals surface area contributed by atoms with Gasteiger partial charge in [-0.3, -0.25) is 9.69 Å². The molecule has 7 heteroatoms. The van der Waals surface area contributed by atoms with E-state index in [4.69, 9.17) is 5.11 Å². The number of β-amino-alcohol motifs (C(OH)–C–C–N with tert-alkyl or cyclic N) is 1. The first-order chi connectivity index (χ1) is 7.85. The van der Waals surface area contributed by atoms with Crippen LogP contribution in [0, 0.1) is 0 Å². The predicted molar refractivity (Wildman–Crippen MR) is 62.6 cm³/mol. The zero-order chi connectivity index (χ0) is 13.1. The highest BCUT2D eigenvalue weighted by Gasteiger charge is 2.35. The first-order valence-corrected chi connectivity index (χ1v) is 7.53. The minimum atomic E-state index is -3.00. The normalized spacial score (nSPS) is 26.2. The first kappa shape index (κ1) is 14.4. The highest BCUT2D eigenvalue weighted by atomic mass is 32.2. The highest BCUT2D eigenvalue weighted by molar-refractivity contribution is 7.91. The smallest absolute Gasteiger partial charge is 0.321 e. The van der Waals surface area contributed by atoms with Crippen molar-refractivity contribution in [3.63, 3.8) is 0 Å². The second-order valence-corrected chi connectivity index (χ2v) is 6.80. The van der Waals surface area contributed by atoms with Crippen LogP contribution < -0.4 is 0 Å². The maximum atomic E-state index is 11.3. The molecule has 1 aliphatic rings. The van der Waals surface area contributed by atoms with E-state index >= 15 is 0 Å². The molecule has 2 N–H and O–H groups in total. The Bertz CT molecular complexity index is 367. The minimum absolute atomic E-state index is 0.0719. The third kappa shape index (κ3) is 4.25. The fourth-order valence-corrected chi connectivity index (χ4v) is 2.87. The van der Waals surface area contributed by atoms with Crippen molar-refractivity contribution in [3.8, 4) is 0 Å². The van der Waals surface area contributed by atoms with Crippen molar-refractivity contribution < 1.29 is 23.4 Å². The van der Waals surface area contributed by atoms with Crippen LogP contribution >= 0.6 is 0 Å². The van der Waals surface area contributed by atoms with E-state index < -0.39 is 28.0 Å². The maximum Gasteiger partial charge on any atom is 0.321 e. The Morgan fingerprint density at radius 1 is 1.47 bits per heavy atom. The Morgan fingerprint density at radius 3 is 2.65 bits per heavy atom. The number of sulfone groups is 1. The van der Waals surface area contributed by atoms with Crippen molar-refractivity contribution in [2.24, 2.45) is 0 Å². The fourth-order valence-electron chi connectivity index (χ4n) is 2.02. The lowest BCUT2D eigenvalue weighted by Crippen LogP contribution is -2.37. The number of likely N-dealkylation sites (tertiary alicyclic amines) is 1. The predicted octanol–water partition coefficient (Wildman–Crippen LogP) is -0.669. The molecule has 0 saturated carbocycles. The van der Waals surface area contributed by atoms with Crippen molar-refractivity contribution in [1.82, 2.24) is 4.90 Å². The first-order valence-electron chi connectivity index (χ1n) is 5.71. The number of hydrogen-bond acceptors (Lipinski definition) is 5. The lowest BCUT2D eigenvalue weighted by molar-refractivity contribution is -0.142. The molecule has 0 bridgehead atoms. The number of hydrogen-bond donors (Lipinski definition) is 2. The Kier molecular flexibility index (Phi) is 4.91. The second kappa shape index (κ2) is 5.79. The molecule has 1 aliphatic heterocycles. The van der Waals surface area contributed by atoms with Crippen LogP contribution in [0.5, 0.6) is 0 Å². The molecule has 1 rings (SSSR count). The minimum Gasteiger partial charge on any atom is -0.480 e. The zero-order valence-corrected chi connectivity index (χ0v) is 10.7. The van der Waals surface area contributed by atoms with E-state index in [2.05, 4.69) is 0 Å². The summed E-state index contributed by atoms with van der Waals surface area (Å²) in [5.74, 6) is -0.777. The van der Waals surface area contributed by atoms with Gasteiger partial charge in [0.2, 0.25) is 0 Å². The van der Waals surface area contributed by atoms with Crippen molar-refractivity contribution in [1.29, 1.82) is 0 Å². The van der Waals surface area contributed by atoms with E-state index in [1.807, 2.05) is 0 Å². The van der Waals surface area contributed by atoms with Gasteiger partial charge in [0.15, 0.2) is 0 Å². The van der Waals surface area contributed by atoms with Crippen LogP contribution in [0.2, 0.25) is 0 Å². The van der Waals surface area contributed by atoms with Crippen LogP contribution in [0.3, 0.4) is 0 Å². The molecule has 1 saturated heterocycles. The SMILES string of the molecule is CCS(=O)(=O)CCCN1CC(O)CC1C(=O)O. The number of carboxylic acids is 1. The molecule has 1 heterocycles. The monoisotopic (exact) mass is 265 g/mol. The van der Waals surface area contributed by atoms with E-state index in [1.54, 1.807) is 11.8 Å². The topological polar surface area (TPSA) is 94.9 Å². The van der Waals surface area contributed by atoms with Gasteiger partial charge in [-0.15, -0.1) is 0 Å². The van der Waals surface area contributed by atoms with Crippen LogP contribution in [0.15, 0.2) is 0 Å². The molecule has 2 unspecified atom stereocenters. The van der Waals surface area contributed by atoms with Gasteiger partial charge in [-0.25, -0.2) is 8.42 Å². The molecular formula is C10H19NO5S. The summed E-state index contributed by atoms with van der Waals surface area (Å²) in [5.41, 5.74) is 0. The van der Waals surface area contributed by atoms with Crippen molar-refractivity contribution in [2.75, 3.05) is 24.6 Å². The van der Waals surface area contributed by atoms with E-state index in [0.717, 1.165) is 0 Å². The third-order valence-electron chi connectivity index (χ3n) is 3.01. The molecule has 0 aromatic heterocycles. The van der Waals surface area contributed by atoms with Crippen molar-refractivity contribution in [3.05, 3.63) is 0 Å². The molecule has 0 aliphatic carbocycles. The van der Waals surface area contributed by atoms with Crippen LogP contribution in [0.4, 0.5) is 0 Å². The molecule has 0 amide bonds. The summed E-state index contributed by atoms with van der Waals surface area (Å²) in [6.07, 6.45) is 0.00148. The quantitative estimate of drug-likeness (QED) is 0.661. The summed E-state index contributed by atoms with van der Waals surface area (Å²) >= 11 is 0. The number of carbonyl (C=O) groups is 1. The second-order valence-electron chi connectivity index (χ2n) is 4.33. The molecule has 0 radical (unpaired) electrons. The average Bonchev–Trinajstić information content (AvgIpc) is 2.60. The largest absolute Gasteiger partial charge is 0.480 e. The molecule has 6 nitrogen and oxygen atoms in total. The van der Waals surface area contributed by atoms with Crippen LogP contribution in [0.1, 0.15) is 19.8 Å². The van der Waals surface area contributed by atoms with Gasteiger partial charge < -0.3 is 10.2 Å². The van der Waals surface area contributed by atoms with Gasteiger partial charge in [0, 0.05) is 25.3 Å². The van der Waals surface area contributed by atoms with Crippen LogP contribution in [-0.4, -0.2) is 66.2 Å². The summed E-state index contributed by atoms with van der Waals surface area (Å²) in [6.45, 7) is 2.30. The summed E-state index contributed by atoms with van der Waals surface area (Å²) in [5, 5.41) is 18.3. The molecule has 100 valence electrons.